The summed E-state index contributed by atoms with van der Waals surface area (Å²) in [6.07, 6.45) is 0. The largest absolute Gasteiger partial charge is 0.455 e. The van der Waals surface area contributed by atoms with Gasteiger partial charge in [0.1, 0.15) is 11.2 Å². The van der Waals surface area contributed by atoms with Gasteiger partial charge in [-0.3, -0.25) is 0 Å². The lowest BCUT2D eigenvalue weighted by Gasteiger charge is -2.12. The van der Waals surface area contributed by atoms with E-state index in [1.54, 1.807) is 0 Å². The molecule has 0 radical (unpaired) electrons. The zero-order valence-corrected chi connectivity index (χ0v) is 28.0. The van der Waals surface area contributed by atoms with E-state index in [-0.39, 0.29) is 0 Å². The molecule has 0 atom stereocenters. The molecule has 242 valence electrons. The predicted molar refractivity (Wildman–Crippen MR) is 217 cm³/mol. The molecule has 0 fully saturated rings. The number of rotatable bonds is 3. The second kappa shape index (κ2) is 10.3. The van der Waals surface area contributed by atoms with Crippen molar-refractivity contribution in [3.63, 3.8) is 0 Å². The van der Waals surface area contributed by atoms with E-state index < -0.39 is 0 Å². The van der Waals surface area contributed by atoms with Crippen LogP contribution >= 0.6 is 0 Å². The van der Waals surface area contributed by atoms with Crippen LogP contribution in [0.5, 0.6) is 0 Å². The summed E-state index contributed by atoms with van der Waals surface area (Å²) < 4.78 is 14.0. The summed E-state index contributed by atoms with van der Waals surface area (Å²) in [7, 11) is 0. The number of aromatic nitrogens is 3. The van der Waals surface area contributed by atoms with Gasteiger partial charge in [-0.2, -0.15) is 0 Å². The van der Waals surface area contributed by atoms with Crippen LogP contribution in [0, 0.1) is 0 Å². The fourth-order valence-electron chi connectivity index (χ4n) is 8.86. The molecular weight excluding hydrogens is 635 g/mol. The highest BCUT2D eigenvalue weighted by Crippen LogP contribution is 2.42. The van der Waals surface area contributed by atoms with E-state index in [1.165, 1.54) is 49.0 Å². The Bertz CT molecular complexity index is 3320. The summed E-state index contributed by atoms with van der Waals surface area (Å²) >= 11 is 0. The Hall–Kier alpha value is -7.04. The monoisotopic (exact) mass is 663 g/mol. The second-order valence-corrected chi connectivity index (χ2v) is 13.7. The Labute approximate surface area is 297 Å². The lowest BCUT2D eigenvalue weighted by Crippen LogP contribution is -1.98. The first-order chi connectivity index (χ1) is 25.8. The van der Waals surface area contributed by atoms with Crippen LogP contribution in [0.15, 0.2) is 180 Å². The minimum absolute atomic E-state index is 0.886. The first kappa shape index (κ1) is 27.7. The van der Waals surface area contributed by atoms with Crippen LogP contribution in [-0.2, 0) is 0 Å². The van der Waals surface area contributed by atoms with Crippen molar-refractivity contribution < 1.29 is 4.42 Å². The Balaban J connectivity index is 1.09. The normalized spacial score (nSPS) is 12.2. The molecule has 0 N–H and O–H groups in total. The van der Waals surface area contributed by atoms with Crippen LogP contribution in [0.3, 0.4) is 0 Å². The van der Waals surface area contributed by atoms with Crippen LogP contribution in [0.25, 0.3) is 104 Å². The molecule has 0 spiro atoms. The first-order valence-corrected chi connectivity index (χ1v) is 17.8. The number of benzene rings is 8. The highest BCUT2D eigenvalue weighted by atomic mass is 16.3. The quantitative estimate of drug-likeness (QED) is 0.185. The fourth-order valence-corrected chi connectivity index (χ4v) is 8.86. The number of hydrogen-bond donors (Lipinski definition) is 0. The lowest BCUT2D eigenvalue weighted by atomic mass is 10.1. The molecule has 4 aromatic heterocycles. The molecular formula is C48H29N3O. The Kier molecular flexibility index (Phi) is 5.47. The molecule has 12 aromatic rings. The molecule has 52 heavy (non-hydrogen) atoms. The van der Waals surface area contributed by atoms with Crippen LogP contribution in [0.4, 0.5) is 0 Å². The van der Waals surface area contributed by atoms with Gasteiger partial charge in [0.05, 0.1) is 38.5 Å². The predicted octanol–water partition coefficient (Wildman–Crippen LogP) is 12.9. The van der Waals surface area contributed by atoms with E-state index in [9.17, 15) is 0 Å². The number of fused-ring (bicyclic) bond motifs is 13. The molecule has 4 nitrogen and oxygen atoms in total. The zero-order chi connectivity index (χ0) is 33.9. The number of para-hydroxylation sites is 5. The van der Waals surface area contributed by atoms with E-state index in [1.807, 2.05) is 0 Å². The maximum atomic E-state index is 6.82. The molecule has 0 aliphatic carbocycles. The van der Waals surface area contributed by atoms with Gasteiger partial charge in [-0.15, -0.1) is 0 Å². The van der Waals surface area contributed by atoms with E-state index in [2.05, 4.69) is 190 Å². The summed E-state index contributed by atoms with van der Waals surface area (Å²) in [6.45, 7) is 0. The van der Waals surface area contributed by atoms with Gasteiger partial charge in [0, 0.05) is 54.8 Å². The van der Waals surface area contributed by atoms with Gasteiger partial charge in [0.15, 0.2) is 0 Å². The standard InChI is InChI=1S/C48H29N3O/c1-6-19-40-33(14-1)34-15-2-7-20-41(34)49(40)30-12-11-13-31(28-30)51-44-23-10-5-18-38(44)47-45(51)26-25-37-39-29-32(24-27-46(39)52-48(37)47)50-42-21-8-3-16-35(42)36-17-4-9-22-43(36)50/h1-29H. The Morgan fingerprint density at radius 2 is 0.731 bits per heavy atom. The van der Waals surface area contributed by atoms with Gasteiger partial charge in [0.2, 0.25) is 0 Å². The number of furan rings is 1. The van der Waals surface area contributed by atoms with Crippen LogP contribution in [0.1, 0.15) is 0 Å². The van der Waals surface area contributed by atoms with Crippen molar-refractivity contribution in [3.8, 4) is 17.1 Å². The molecule has 0 unspecified atom stereocenters. The van der Waals surface area contributed by atoms with Crippen molar-refractivity contribution in [2.75, 3.05) is 0 Å². The fraction of sp³-hybridized carbons (Fsp3) is 0. The topological polar surface area (TPSA) is 27.9 Å². The SMILES string of the molecule is c1cc(-n2c3ccccc3c3ccccc32)cc(-n2c3ccccc3c3c4oc5ccc(-n6c7ccccc7c7ccccc76)cc5c4ccc32)c1. The van der Waals surface area contributed by atoms with Gasteiger partial charge in [-0.1, -0.05) is 97.1 Å². The molecule has 0 saturated carbocycles. The van der Waals surface area contributed by atoms with Crippen LogP contribution < -0.4 is 0 Å². The summed E-state index contributed by atoms with van der Waals surface area (Å²) in [5.41, 5.74) is 12.2. The summed E-state index contributed by atoms with van der Waals surface area (Å²) in [4.78, 5) is 0. The molecule has 0 aliphatic heterocycles. The smallest absolute Gasteiger partial charge is 0.145 e. The number of nitrogens with zero attached hydrogens (tertiary/aromatic N) is 3. The van der Waals surface area contributed by atoms with Gasteiger partial charge in [-0.05, 0) is 78.9 Å². The third-order valence-electron chi connectivity index (χ3n) is 11.0. The average Bonchev–Trinajstić information content (AvgIpc) is 3.94. The van der Waals surface area contributed by atoms with Crippen LogP contribution in [-0.4, -0.2) is 13.7 Å². The summed E-state index contributed by atoms with van der Waals surface area (Å²) in [5, 5.41) is 9.56. The highest BCUT2D eigenvalue weighted by molar-refractivity contribution is 6.24. The minimum Gasteiger partial charge on any atom is -0.455 e. The lowest BCUT2D eigenvalue weighted by molar-refractivity contribution is 0.673. The number of hydrogen-bond acceptors (Lipinski definition) is 1. The third-order valence-corrected chi connectivity index (χ3v) is 11.0. The third kappa shape index (κ3) is 3.65. The maximum absolute atomic E-state index is 6.82. The van der Waals surface area contributed by atoms with Crippen molar-refractivity contribution in [1.29, 1.82) is 0 Å². The summed E-state index contributed by atoms with van der Waals surface area (Å²) in [6, 6.07) is 63.4. The first-order valence-electron chi connectivity index (χ1n) is 17.8. The molecule has 4 heteroatoms. The summed E-state index contributed by atoms with van der Waals surface area (Å²) in [5.74, 6) is 0. The molecule has 8 aromatic carbocycles. The van der Waals surface area contributed by atoms with Crippen molar-refractivity contribution >= 4 is 87.4 Å². The van der Waals surface area contributed by atoms with E-state index >= 15 is 0 Å². The molecule has 0 amide bonds. The van der Waals surface area contributed by atoms with Gasteiger partial charge < -0.3 is 18.1 Å². The van der Waals surface area contributed by atoms with E-state index in [4.69, 9.17) is 4.42 Å². The average molecular weight is 664 g/mol. The van der Waals surface area contributed by atoms with E-state index in [0.717, 1.165) is 55.4 Å². The molecule has 0 saturated heterocycles. The van der Waals surface area contributed by atoms with Gasteiger partial charge >= 0.3 is 0 Å². The van der Waals surface area contributed by atoms with Crippen molar-refractivity contribution in [2.45, 2.75) is 0 Å². The van der Waals surface area contributed by atoms with Gasteiger partial charge in [-0.25, -0.2) is 0 Å². The van der Waals surface area contributed by atoms with E-state index in [0.29, 0.717) is 0 Å². The minimum atomic E-state index is 0.886. The second-order valence-electron chi connectivity index (χ2n) is 13.7. The molecule has 12 rings (SSSR count). The molecule has 0 bridgehead atoms. The Morgan fingerprint density at radius 3 is 1.27 bits per heavy atom. The highest BCUT2D eigenvalue weighted by Gasteiger charge is 2.20. The molecule has 4 heterocycles. The maximum Gasteiger partial charge on any atom is 0.145 e. The van der Waals surface area contributed by atoms with Crippen molar-refractivity contribution in [2.24, 2.45) is 0 Å². The zero-order valence-electron chi connectivity index (χ0n) is 28.0. The van der Waals surface area contributed by atoms with Crippen LogP contribution in [0.2, 0.25) is 0 Å². The van der Waals surface area contributed by atoms with Gasteiger partial charge in [0.25, 0.3) is 0 Å². The van der Waals surface area contributed by atoms with Crippen molar-refractivity contribution in [1.82, 2.24) is 13.7 Å². The molecule has 0 aliphatic rings. The van der Waals surface area contributed by atoms with Crippen molar-refractivity contribution in [3.05, 3.63) is 176 Å². The Morgan fingerprint density at radius 1 is 0.288 bits per heavy atom.